The number of rotatable bonds is 7. The standard InChI is InChI=1S/C11H19N3O2/c1-3-6-16-10-4-5-12-11(14-10)13-7-9(2)8-15/h4-5,9,15H,3,6-8H2,1-2H3,(H,12,13,14). The third kappa shape index (κ3) is 4.44. The zero-order valence-corrected chi connectivity index (χ0v) is 9.81. The number of anilines is 1. The monoisotopic (exact) mass is 225 g/mol. The SMILES string of the molecule is CCCOc1ccnc(NCC(C)CO)n1. The number of aliphatic hydroxyl groups is 1. The highest BCUT2D eigenvalue weighted by molar-refractivity contribution is 5.27. The zero-order chi connectivity index (χ0) is 11.8. The third-order valence-electron chi connectivity index (χ3n) is 2.00. The van der Waals surface area contributed by atoms with Crippen LogP contribution in [-0.4, -0.2) is 34.8 Å². The Morgan fingerprint density at radius 3 is 3.06 bits per heavy atom. The molecule has 1 rings (SSSR count). The summed E-state index contributed by atoms with van der Waals surface area (Å²) < 4.78 is 5.39. The van der Waals surface area contributed by atoms with Crippen LogP contribution >= 0.6 is 0 Å². The normalized spacial score (nSPS) is 12.2. The van der Waals surface area contributed by atoms with Crippen molar-refractivity contribution in [1.82, 2.24) is 9.97 Å². The maximum absolute atomic E-state index is 8.88. The first-order valence-electron chi connectivity index (χ1n) is 5.56. The Balaban J connectivity index is 2.46. The van der Waals surface area contributed by atoms with E-state index in [0.29, 0.717) is 25.0 Å². The molecule has 1 aromatic heterocycles. The van der Waals surface area contributed by atoms with Gasteiger partial charge in [-0.25, -0.2) is 4.98 Å². The summed E-state index contributed by atoms with van der Waals surface area (Å²) in [6, 6.07) is 1.73. The highest BCUT2D eigenvalue weighted by atomic mass is 16.5. The van der Waals surface area contributed by atoms with Crippen LogP contribution in [0.25, 0.3) is 0 Å². The molecule has 0 aromatic carbocycles. The van der Waals surface area contributed by atoms with Gasteiger partial charge in [-0.3, -0.25) is 0 Å². The van der Waals surface area contributed by atoms with Crippen LogP contribution in [0.4, 0.5) is 5.95 Å². The van der Waals surface area contributed by atoms with Crippen LogP contribution in [0.5, 0.6) is 5.88 Å². The lowest BCUT2D eigenvalue weighted by Crippen LogP contribution is -2.16. The molecule has 0 saturated carbocycles. The number of hydrogen-bond donors (Lipinski definition) is 2. The largest absolute Gasteiger partial charge is 0.478 e. The molecule has 1 aromatic rings. The summed E-state index contributed by atoms with van der Waals surface area (Å²) in [5.74, 6) is 1.30. The van der Waals surface area contributed by atoms with E-state index < -0.39 is 0 Å². The summed E-state index contributed by atoms with van der Waals surface area (Å²) in [5.41, 5.74) is 0. The molecule has 0 amide bonds. The molecule has 0 saturated heterocycles. The molecule has 5 nitrogen and oxygen atoms in total. The molecule has 16 heavy (non-hydrogen) atoms. The number of aromatic nitrogens is 2. The number of nitrogens with one attached hydrogen (secondary N) is 1. The van der Waals surface area contributed by atoms with Crippen molar-refractivity contribution < 1.29 is 9.84 Å². The summed E-state index contributed by atoms with van der Waals surface area (Å²) in [6.45, 7) is 5.45. The number of hydrogen-bond acceptors (Lipinski definition) is 5. The van der Waals surface area contributed by atoms with Gasteiger partial charge in [0.25, 0.3) is 0 Å². The second-order valence-corrected chi connectivity index (χ2v) is 3.74. The van der Waals surface area contributed by atoms with Gasteiger partial charge in [0.1, 0.15) is 0 Å². The zero-order valence-electron chi connectivity index (χ0n) is 9.81. The number of nitrogens with zero attached hydrogens (tertiary/aromatic N) is 2. The van der Waals surface area contributed by atoms with Crippen LogP contribution in [0.15, 0.2) is 12.3 Å². The summed E-state index contributed by atoms with van der Waals surface area (Å²) >= 11 is 0. The minimum Gasteiger partial charge on any atom is -0.478 e. The lowest BCUT2D eigenvalue weighted by Gasteiger charge is -2.10. The minimum atomic E-state index is 0.152. The van der Waals surface area contributed by atoms with E-state index in [9.17, 15) is 0 Å². The fraction of sp³-hybridized carbons (Fsp3) is 0.636. The van der Waals surface area contributed by atoms with Crippen molar-refractivity contribution in [3.05, 3.63) is 12.3 Å². The van der Waals surface area contributed by atoms with Crippen molar-refractivity contribution in [1.29, 1.82) is 0 Å². The second-order valence-electron chi connectivity index (χ2n) is 3.74. The van der Waals surface area contributed by atoms with E-state index in [0.717, 1.165) is 6.42 Å². The average molecular weight is 225 g/mol. The van der Waals surface area contributed by atoms with Gasteiger partial charge in [0, 0.05) is 25.4 Å². The van der Waals surface area contributed by atoms with Crippen molar-refractivity contribution in [2.24, 2.45) is 5.92 Å². The van der Waals surface area contributed by atoms with Gasteiger partial charge in [0.15, 0.2) is 0 Å². The first-order valence-corrected chi connectivity index (χ1v) is 5.56. The van der Waals surface area contributed by atoms with Crippen LogP contribution in [0.2, 0.25) is 0 Å². The van der Waals surface area contributed by atoms with Crippen molar-refractivity contribution in [3.8, 4) is 5.88 Å². The summed E-state index contributed by atoms with van der Waals surface area (Å²) in [6.07, 6.45) is 2.61. The van der Waals surface area contributed by atoms with E-state index in [-0.39, 0.29) is 12.5 Å². The van der Waals surface area contributed by atoms with Gasteiger partial charge in [0.05, 0.1) is 6.61 Å². The Morgan fingerprint density at radius 2 is 2.38 bits per heavy atom. The highest BCUT2D eigenvalue weighted by Gasteiger charge is 2.02. The van der Waals surface area contributed by atoms with E-state index in [1.54, 1.807) is 12.3 Å². The van der Waals surface area contributed by atoms with E-state index in [1.807, 2.05) is 13.8 Å². The predicted octanol–water partition coefficient (Wildman–Crippen LogP) is 1.31. The molecular weight excluding hydrogens is 206 g/mol. The van der Waals surface area contributed by atoms with Crippen LogP contribution < -0.4 is 10.1 Å². The lowest BCUT2D eigenvalue weighted by molar-refractivity contribution is 0.244. The van der Waals surface area contributed by atoms with Gasteiger partial charge in [-0.05, 0) is 12.3 Å². The van der Waals surface area contributed by atoms with Crippen LogP contribution in [-0.2, 0) is 0 Å². The van der Waals surface area contributed by atoms with E-state index >= 15 is 0 Å². The molecule has 2 N–H and O–H groups in total. The molecule has 0 spiro atoms. The first kappa shape index (κ1) is 12.7. The first-order chi connectivity index (χ1) is 7.76. The smallest absolute Gasteiger partial charge is 0.225 e. The van der Waals surface area contributed by atoms with E-state index in [2.05, 4.69) is 15.3 Å². The van der Waals surface area contributed by atoms with Gasteiger partial charge in [-0.1, -0.05) is 13.8 Å². The quantitative estimate of drug-likeness (QED) is 0.732. The van der Waals surface area contributed by atoms with Crippen LogP contribution in [0.1, 0.15) is 20.3 Å². The van der Waals surface area contributed by atoms with Crippen molar-refractivity contribution in [3.63, 3.8) is 0 Å². The van der Waals surface area contributed by atoms with Gasteiger partial charge in [-0.15, -0.1) is 0 Å². The van der Waals surface area contributed by atoms with Gasteiger partial charge >= 0.3 is 0 Å². The van der Waals surface area contributed by atoms with Gasteiger partial charge in [-0.2, -0.15) is 4.98 Å². The van der Waals surface area contributed by atoms with Gasteiger partial charge < -0.3 is 15.2 Å². The molecule has 5 heteroatoms. The molecule has 0 aliphatic heterocycles. The summed E-state index contributed by atoms with van der Waals surface area (Å²) in [4.78, 5) is 8.26. The maximum atomic E-state index is 8.88. The predicted molar refractivity (Wildman–Crippen MR) is 62.6 cm³/mol. The molecule has 1 unspecified atom stereocenters. The average Bonchev–Trinajstić information content (AvgIpc) is 2.34. The van der Waals surface area contributed by atoms with Gasteiger partial charge in [0.2, 0.25) is 11.8 Å². The third-order valence-corrected chi connectivity index (χ3v) is 2.00. The molecule has 90 valence electrons. The summed E-state index contributed by atoms with van der Waals surface area (Å²) in [7, 11) is 0. The lowest BCUT2D eigenvalue weighted by atomic mass is 10.2. The molecule has 0 aliphatic rings. The second kappa shape index (κ2) is 7.00. The molecule has 0 bridgehead atoms. The molecule has 0 aliphatic carbocycles. The summed E-state index contributed by atoms with van der Waals surface area (Å²) in [5, 5.41) is 11.9. The molecular formula is C11H19N3O2. The number of ether oxygens (including phenoxy) is 1. The Bertz CT molecular complexity index is 307. The fourth-order valence-electron chi connectivity index (χ4n) is 1.04. The molecule has 1 heterocycles. The Hall–Kier alpha value is -1.36. The fourth-order valence-corrected chi connectivity index (χ4v) is 1.04. The Kier molecular flexibility index (Phi) is 5.56. The number of aliphatic hydroxyl groups excluding tert-OH is 1. The Morgan fingerprint density at radius 1 is 1.56 bits per heavy atom. The molecule has 1 atom stereocenters. The van der Waals surface area contributed by atoms with E-state index in [1.165, 1.54) is 0 Å². The van der Waals surface area contributed by atoms with Crippen molar-refractivity contribution in [2.45, 2.75) is 20.3 Å². The van der Waals surface area contributed by atoms with Crippen LogP contribution in [0.3, 0.4) is 0 Å². The topological polar surface area (TPSA) is 67.3 Å². The maximum Gasteiger partial charge on any atom is 0.225 e. The van der Waals surface area contributed by atoms with Crippen molar-refractivity contribution >= 4 is 5.95 Å². The molecule has 0 fully saturated rings. The minimum absolute atomic E-state index is 0.152. The molecule has 0 radical (unpaired) electrons. The van der Waals surface area contributed by atoms with E-state index in [4.69, 9.17) is 9.84 Å². The van der Waals surface area contributed by atoms with Crippen molar-refractivity contribution in [2.75, 3.05) is 25.1 Å². The highest BCUT2D eigenvalue weighted by Crippen LogP contribution is 2.08. The Labute approximate surface area is 95.9 Å². The van der Waals surface area contributed by atoms with Crippen LogP contribution in [0, 0.1) is 5.92 Å².